The Kier molecular flexibility index (Phi) is 4.34. The molecule has 8 nitrogen and oxygen atoms in total. The minimum Gasteiger partial charge on any atom is -0.408 e. The number of anilines is 1. The van der Waals surface area contributed by atoms with Gasteiger partial charge in [0.2, 0.25) is 5.91 Å². The van der Waals surface area contributed by atoms with Crippen LogP contribution in [-0.4, -0.2) is 46.5 Å². The molecule has 1 aromatic carbocycles. The molecule has 2 aromatic heterocycles. The summed E-state index contributed by atoms with van der Waals surface area (Å²) >= 11 is 0. The molecule has 0 aliphatic carbocycles. The van der Waals surface area contributed by atoms with Crippen molar-refractivity contribution in [3.05, 3.63) is 58.7 Å². The first-order valence-corrected chi connectivity index (χ1v) is 8.63. The number of fused-ring (bicyclic) bond motifs is 1. The molecule has 0 radical (unpaired) electrons. The summed E-state index contributed by atoms with van der Waals surface area (Å²) in [6, 6.07) is 12.7. The smallest absolute Gasteiger partial charge is 0.408 e. The molecule has 1 amide bonds. The van der Waals surface area contributed by atoms with E-state index in [1.54, 1.807) is 47.5 Å². The highest BCUT2D eigenvalue weighted by molar-refractivity contribution is 5.79. The molecule has 4 rings (SSSR count). The zero-order valence-corrected chi connectivity index (χ0v) is 14.5. The normalized spacial score (nSPS) is 14.3. The number of piperazine rings is 1. The number of amides is 1. The van der Waals surface area contributed by atoms with Crippen molar-refractivity contribution in [1.29, 1.82) is 5.26 Å². The monoisotopic (exact) mass is 363 g/mol. The SMILES string of the molecule is N#Cc1cccnc1N1CCN(C(=O)Cn2c(=O)oc3ccccc32)CC1. The van der Waals surface area contributed by atoms with Gasteiger partial charge < -0.3 is 14.2 Å². The van der Waals surface area contributed by atoms with E-state index in [9.17, 15) is 14.9 Å². The summed E-state index contributed by atoms with van der Waals surface area (Å²) in [4.78, 5) is 32.7. The first kappa shape index (κ1) is 16.8. The molecule has 3 heterocycles. The van der Waals surface area contributed by atoms with Gasteiger partial charge >= 0.3 is 5.76 Å². The Labute approximate surface area is 154 Å². The van der Waals surface area contributed by atoms with Gasteiger partial charge in [-0.3, -0.25) is 9.36 Å². The molecular weight excluding hydrogens is 346 g/mol. The Morgan fingerprint density at radius 1 is 1.15 bits per heavy atom. The highest BCUT2D eigenvalue weighted by atomic mass is 16.4. The van der Waals surface area contributed by atoms with Crippen LogP contribution in [0.15, 0.2) is 51.8 Å². The third kappa shape index (κ3) is 3.15. The van der Waals surface area contributed by atoms with Crippen LogP contribution in [0.2, 0.25) is 0 Å². The standard InChI is InChI=1S/C19H17N5O3/c20-12-14-4-3-7-21-18(14)23-10-8-22(9-11-23)17(25)13-24-15-5-1-2-6-16(15)27-19(24)26/h1-7H,8-11,13H2. The highest BCUT2D eigenvalue weighted by Crippen LogP contribution is 2.18. The third-order valence-corrected chi connectivity index (χ3v) is 4.71. The fourth-order valence-corrected chi connectivity index (χ4v) is 3.30. The number of para-hydroxylation sites is 2. The molecule has 0 bridgehead atoms. The zero-order valence-electron chi connectivity index (χ0n) is 14.5. The van der Waals surface area contributed by atoms with E-state index >= 15 is 0 Å². The lowest BCUT2D eigenvalue weighted by Gasteiger charge is -2.35. The Hall–Kier alpha value is -3.60. The van der Waals surface area contributed by atoms with Crippen LogP contribution < -0.4 is 10.7 Å². The van der Waals surface area contributed by atoms with Crippen LogP contribution in [0, 0.1) is 11.3 Å². The Morgan fingerprint density at radius 2 is 1.93 bits per heavy atom. The maximum absolute atomic E-state index is 12.7. The number of nitriles is 1. The molecule has 8 heteroatoms. The molecule has 0 unspecified atom stereocenters. The Morgan fingerprint density at radius 3 is 2.70 bits per heavy atom. The summed E-state index contributed by atoms with van der Waals surface area (Å²) in [5, 5.41) is 9.22. The second-order valence-electron chi connectivity index (χ2n) is 6.28. The van der Waals surface area contributed by atoms with E-state index in [0.717, 1.165) is 0 Å². The fraction of sp³-hybridized carbons (Fsp3) is 0.263. The molecule has 1 fully saturated rings. The minimum absolute atomic E-state index is 0.0527. The topological polar surface area (TPSA) is 95.4 Å². The third-order valence-electron chi connectivity index (χ3n) is 4.71. The van der Waals surface area contributed by atoms with E-state index in [0.29, 0.717) is 48.7 Å². The molecule has 0 atom stereocenters. The minimum atomic E-state index is -0.532. The van der Waals surface area contributed by atoms with Crippen LogP contribution in [0.3, 0.4) is 0 Å². The van der Waals surface area contributed by atoms with Gasteiger partial charge in [-0.1, -0.05) is 12.1 Å². The van der Waals surface area contributed by atoms with Crippen molar-refractivity contribution < 1.29 is 9.21 Å². The van der Waals surface area contributed by atoms with Gasteiger partial charge in [0.15, 0.2) is 5.58 Å². The van der Waals surface area contributed by atoms with Crippen LogP contribution in [0.25, 0.3) is 11.1 Å². The molecule has 1 aliphatic heterocycles. The summed E-state index contributed by atoms with van der Waals surface area (Å²) in [6.07, 6.45) is 1.66. The molecule has 136 valence electrons. The largest absolute Gasteiger partial charge is 0.420 e. The predicted molar refractivity (Wildman–Crippen MR) is 98.2 cm³/mol. The second-order valence-corrected chi connectivity index (χ2v) is 6.28. The first-order chi connectivity index (χ1) is 13.2. The number of rotatable bonds is 3. The first-order valence-electron chi connectivity index (χ1n) is 8.63. The van der Waals surface area contributed by atoms with Gasteiger partial charge in [0, 0.05) is 32.4 Å². The van der Waals surface area contributed by atoms with Gasteiger partial charge in [-0.15, -0.1) is 0 Å². The maximum atomic E-state index is 12.7. The summed E-state index contributed by atoms with van der Waals surface area (Å²) in [7, 11) is 0. The van der Waals surface area contributed by atoms with Crippen molar-refractivity contribution in [3.8, 4) is 6.07 Å². The lowest BCUT2D eigenvalue weighted by atomic mass is 10.2. The number of nitrogens with zero attached hydrogens (tertiary/aromatic N) is 5. The summed E-state index contributed by atoms with van der Waals surface area (Å²) < 4.78 is 6.53. The molecule has 0 N–H and O–H groups in total. The van der Waals surface area contributed by atoms with E-state index in [2.05, 4.69) is 11.1 Å². The van der Waals surface area contributed by atoms with Crippen LogP contribution in [-0.2, 0) is 11.3 Å². The average molecular weight is 363 g/mol. The molecule has 0 spiro atoms. The Bertz CT molecular complexity index is 1090. The zero-order chi connectivity index (χ0) is 18.8. The fourth-order valence-electron chi connectivity index (χ4n) is 3.30. The van der Waals surface area contributed by atoms with Crippen molar-refractivity contribution in [2.45, 2.75) is 6.54 Å². The predicted octanol–water partition coefficient (Wildman–Crippen LogP) is 1.21. The number of pyridine rings is 1. The van der Waals surface area contributed by atoms with Gasteiger partial charge in [0.25, 0.3) is 0 Å². The molecule has 27 heavy (non-hydrogen) atoms. The number of carbonyl (C=O) groups excluding carboxylic acids is 1. The van der Waals surface area contributed by atoms with Crippen molar-refractivity contribution in [3.63, 3.8) is 0 Å². The molecular formula is C19H17N5O3. The highest BCUT2D eigenvalue weighted by Gasteiger charge is 2.24. The number of benzene rings is 1. The van der Waals surface area contributed by atoms with E-state index in [4.69, 9.17) is 4.42 Å². The number of oxazole rings is 1. The number of carbonyl (C=O) groups is 1. The van der Waals surface area contributed by atoms with Gasteiger partial charge in [-0.25, -0.2) is 9.78 Å². The average Bonchev–Trinajstić information content (AvgIpc) is 3.03. The van der Waals surface area contributed by atoms with Crippen molar-refractivity contribution in [2.24, 2.45) is 0 Å². The van der Waals surface area contributed by atoms with Gasteiger partial charge in [-0.05, 0) is 24.3 Å². The second kappa shape index (κ2) is 6.96. The van der Waals surface area contributed by atoms with Crippen molar-refractivity contribution in [1.82, 2.24) is 14.5 Å². The number of hydrogen-bond donors (Lipinski definition) is 0. The van der Waals surface area contributed by atoms with Gasteiger partial charge in [-0.2, -0.15) is 5.26 Å². The molecule has 1 aliphatic rings. The summed E-state index contributed by atoms with van der Waals surface area (Å²) in [6.45, 7) is 2.12. The van der Waals surface area contributed by atoms with E-state index in [1.807, 2.05) is 4.90 Å². The molecule has 1 saturated heterocycles. The van der Waals surface area contributed by atoms with Crippen LogP contribution in [0.4, 0.5) is 5.82 Å². The van der Waals surface area contributed by atoms with E-state index in [-0.39, 0.29) is 12.5 Å². The molecule has 0 saturated carbocycles. The maximum Gasteiger partial charge on any atom is 0.420 e. The lowest BCUT2D eigenvalue weighted by molar-refractivity contribution is -0.132. The van der Waals surface area contributed by atoms with Gasteiger partial charge in [0.05, 0.1) is 11.1 Å². The van der Waals surface area contributed by atoms with E-state index in [1.165, 1.54) is 4.57 Å². The quantitative estimate of drug-likeness (QED) is 0.694. The van der Waals surface area contributed by atoms with Crippen LogP contribution in [0.5, 0.6) is 0 Å². The number of aromatic nitrogens is 2. The van der Waals surface area contributed by atoms with Crippen LogP contribution >= 0.6 is 0 Å². The molecule has 3 aromatic rings. The van der Waals surface area contributed by atoms with Crippen LogP contribution in [0.1, 0.15) is 5.56 Å². The van der Waals surface area contributed by atoms with E-state index < -0.39 is 5.76 Å². The van der Waals surface area contributed by atoms with Crippen molar-refractivity contribution >= 4 is 22.8 Å². The summed E-state index contributed by atoms with van der Waals surface area (Å²) in [5.41, 5.74) is 1.61. The van der Waals surface area contributed by atoms with Crippen molar-refractivity contribution in [2.75, 3.05) is 31.1 Å². The Balaban J connectivity index is 1.45. The summed E-state index contributed by atoms with van der Waals surface area (Å²) in [5.74, 6) is -0.0238. The van der Waals surface area contributed by atoms with Gasteiger partial charge in [0.1, 0.15) is 18.4 Å². The lowest BCUT2D eigenvalue weighted by Crippen LogP contribution is -2.50. The number of hydrogen-bond acceptors (Lipinski definition) is 6.